The van der Waals surface area contributed by atoms with Crippen molar-refractivity contribution < 1.29 is 14.3 Å². The predicted octanol–water partition coefficient (Wildman–Crippen LogP) is 2.82. The number of carbonyl (C=O) groups is 1. The van der Waals surface area contributed by atoms with E-state index < -0.39 is 6.29 Å². The fourth-order valence-electron chi connectivity index (χ4n) is 1.94. The summed E-state index contributed by atoms with van der Waals surface area (Å²) in [7, 11) is 0. The summed E-state index contributed by atoms with van der Waals surface area (Å²) in [6.45, 7) is 4.52. The van der Waals surface area contributed by atoms with Gasteiger partial charge in [-0.15, -0.1) is 0 Å². The molecule has 2 rings (SSSR count). The molecule has 1 aromatic carbocycles. The van der Waals surface area contributed by atoms with Crippen LogP contribution < -0.4 is 0 Å². The quantitative estimate of drug-likeness (QED) is 0.591. The highest BCUT2D eigenvalue weighted by molar-refractivity contribution is 6.09. The minimum Gasteiger partial charge on any atom is -0.346 e. The Morgan fingerprint density at radius 3 is 2.53 bits per heavy atom. The number of aromatic nitrogens is 1. The van der Waals surface area contributed by atoms with Crippen LogP contribution in [0, 0.1) is 0 Å². The zero-order valence-electron chi connectivity index (χ0n) is 11.1. The van der Waals surface area contributed by atoms with Crippen molar-refractivity contribution in [3.05, 3.63) is 42.2 Å². The zero-order valence-corrected chi connectivity index (χ0v) is 11.1. The Labute approximate surface area is 112 Å². The van der Waals surface area contributed by atoms with E-state index in [9.17, 15) is 4.79 Å². The van der Waals surface area contributed by atoms with Gasteiger partial charge in [0.15, 0.2) is 0 Å². The SMILES string of the molecule is CCOC(OCC)C(=O)c1cncc2ccccc12. The summed E-state index contributed by atoms with van der Waals surface area (Å²) in [4.78, 5) is 16.6. The molecule has 4 nitrogen and oxygen atoms in total. The van der Waals surface area contributed by atoms with Crippen LogP contribution in [0.25, 0.3) is 10.8 Å². The number of ether oxygens (including phenoxy) is 2. The highest BCUT2D eigenvalue weighted by atomic mass is 16.7. The third kappa shape index (κ3) is 2.97. The van der Waals surface area contributed by atoms with Gasteiger partial charge in [-0.2, -0.15) is 0 Å². The van der Waals surface area contributed by atoms with Gasteiger partial charge in [0.05, 0.1) is 0 Å². The monoisotopic (exact) mass is 259 g/mol. The fraction of sp³-hybridized carbons (Fsp3) is 0.333. The molecule has 1 heterocycles. The van der Waals surface area contributed by atoms with Crippen molar-refractivity contribution in [2.24, 2.45) is 0 Å². The third-order valence-corrected chi connectivity index (χ3v) is 2.78. The molecule has 0 aliphatic rings. The average molecular weight is 259 g/mol. The van der Waals surface area contributed by atoms with Crippen molar-refractivity contribution in [3.63, 3.8) is 0 Å². The summed E-state index contributed by atoms with van der Waals surface area (Å²) in [6.07, 6.45) is 2.45. The Balaban J connectivity index is 2.39. The number of rotatable bonds is 6. The standard InChI is InChI=1S/C15H17NO3/c1-3-18-15(19-4-2)14(17)13-10-16-9-11-7-5-6-8-12(11)13/h5-10,15H,3-4H2,1-2H3. The highest BCUT2D eigenvalue weighted by Crippen LogP contribution is 2.19. The first-order valence-corrected chi connectivity index (χ1v) is 6.38. The lowest BCUT2D eigenvalue weighted by Gasteiger charge is -2.16. The van der Waals surface area contributed by atoms with Gasteiger partial charge in [0.2, 0.25) is 12.1 Å². The lowest BCUT2D eigenvalue weighted by molar-refractivity contribution is -0.107. The molecule has 0 spiro atoms. The molecule has 0 amide bonds. The number of benzene rings is 1. The molecule has 0 saturated heterocycles. The summed E-state index contributed by atoms with van der Waals surface area (Å²) in [5.41, 5.74) is 0.532. The Kier molecular flexibility index (Phi) is 4.60. The molecule has 0 radical (unpaired) electrons. The van der Waals surface area contributed by atoms with Crippen LogP contribution in [0.3, 0.4) is 0 Å². The van der Waals surface area contributed by atoms with Gasteiger partial charge in [-0.25, -0.2) is 0 Å². The number of Topliss-reactive ketones (excluding diaryl/α,β-unsaturated/α-hetero) is 1. The van der Waals surface area contributed by atoms with Crippen molar-refractivity contribution >= 4 is 16.6 Å². The van der Waals surface area contributed by atoms with Crippen LogP contribution in [0.15, 0.2) is 36.7 Å². The van der Waals surface area contributed by atoms with Crippen molar-refractivity contribution in [1.82, 2.24) is 4.98 Å². The van der Waals surface area contributed by atoms with E-state index in [1.807, 2.05) is 38.1 Å². The van der Waals surface area contributed by atoms with Crippen LogP contribution in [0.5, 0.6) is 0 Å². The second-order valence-corrected chi connectivity index (χ2v) is 4.02. The van der Waals surface area contributed by atoms with E-state index in [2.05, 4.69) is 4.98 Å². The molecule has 0 fully saturated rings. The molecule has 100 valence electrons. The second kappa shape index (κ2) is 6.41. The molecule has 0 aliphatic heterocycles. The molecule has 2 aromatic rings. The number of pyridine rings is 1. The lowest BCUT2D eigenvalue weighted by atomic mass is 10.0. The molecule has 1 aromatic heterocycles. The molecule has 0 atom stereocenters. The van der Waals surface area contributed by atoms with Gasteiger partial charge >= 0.3 is 0 Å². The van der Waals surface area contributed by atoms with Gasteiger partial charge < -0.3 is 9.47 Å². The average Bonchev–Trinajstić information content (AvgIpc) is 2.46. The van der Waals surface area contributed by atoms with Crippen LogP contribution in [-0.4, -0.2) is 30.3 Å². The molecule has 0 aliphatic carbocycles. The minimum absolute atomic E-state index is 0.187. The first-order chi connectivity index (χ1) is 9.27. The van der Waals surface area contributed by atoms with Gasteiger partial charge in [0.1, 0.15) is 0 Å². The van der Waals surface area contributed by atoms with Gasteiger partial charge in [0.25, 0.3) is 0 Å². The highest BCUT2D eigenvalue weighted by Gasteiger charge is 2.22. The number of carbonyl (C=O) groups excluding carboxylic acids is 1. The number of nitrogens with zero attached hydrogens (tertiary/aromatic N) is 1. The van der Waals surface area contributed by atoms with Crippen LogP contribution >= 0.6 is 0 Å². The Bertz CT molecular complexity index is 557. The Morgan fingerprint density at radius 2 is 1.84 bits per heavy atom. The maximum atomic E-state index is 12.4. The summed E-state index contributed by atoms with van der Waals surface area (Å²) in [5.74, 6) is -0.187. The zero-order chi connectivity index (χ0) is 13.7. The molecular weight excluding hydrogens is 242 g/mol. The molecule has 19 heavy (non-hydrogen) atoms. The summed E-state index contributed by atoms with van der Waals surface area (Å²) in [6, 6.07) is 7.64. The number of ketones is 1. The molecule has 0 saturated carbocycles. The number of hydrogen-bond donors (Lipinski definition) is 0. The number of hydrogen-bond acceptors (Lipinski definition) is 4. The van der Waals surface area contributed by atoms with Crippen LogP contribution in [0.4, 0.5) is 0 Å². The maximum absolute atomic E-state index is 12.4. The molecule has 0 bridgehead atoms. The predicted molar refractivity (Wildman–Crippen MR) is 73.1 cm³/mol. The lowest BCUT2D eigenvalue weighted by Crippen LogP contribution is -2.28. The van der Waals surface area contributed by atoms with Gasteiger partial charge in [-0.1, -0.05) is 24.3 Å². The normalized spacial score (nSPS) is 11.1. The number of fused-ring (bicyclic) bond motifs is 1. The largest absolute Gasteiger partial charge is 0.346 e. The summed E-state index contributed by atoms with van der Waals surface area (Å²) < 4.78 is 10.7. The van der Waals surface area contributed by atoms with Crippen LogP contribution in [-0.2, 0) is 9.47 Å². The van der Waals surface area contributed by atoms with Crippen molar-refractivity contribution in [2.75, 3.05) is 13.2 Å². The van der Waals surface area contributed by atoms with E-state index in [4.69, 9.17) is 9.47 Å². The first kappa shape index (κ1) is 13.6. The van der Waals surface area contributed by atoms with Crippen LogP contribution in [0.2, 0.25) is 0 Å². The van der Waals surface area contributed by atoms with E-state index >= 15 is 0 Å². The third-order valence-electron chi connectivity index (χ3n) is 2.78. The van der Waals surface area contributed by atoms with Gasteiger partial charge in [-0.05, 0) is 19.2 Å². The van der Waals surface area contributed by atoms with Gasteiger partial charge in [-0.3, -0.25) is 9.78 Å². The Hall–Kier alpha value is -1.78. The van der Waals surface area contributed by atoms with E-state index in [0.29, 0.717) is 18.8 Å². The van der Waals surface area contributed by atoms with Gasteiger partial charge in [0, 0.05) is 36.6 Å². The summed E-state index contributed by atoms with van der Waals surface area (Å²) in [5, 5.41) is 1.80. The maximum Gasteiger partial charge on any atom is 0.222 e. The molecule has 0 unspecified atom stereocenters. The van der Waals surface area contributed by atoms with Crippen LogP contribution in [0.1, 0.15) is 24.2 Å². The smallest absolute Gasteiger partial charge is 0.222 e. The minimum atomic E-state index is -0.859. The second-order valence-electron chi connectivity index (χ2n) is 4.02. The summed E-state index contributed by atoms with van der Waals surface area (Å²) >= 11 is 0. The fourth-order valence-corrected chi connectivity index (χ4v) is 1.94. The van der Waals surface area contributed by atoms with E-state index in [1.165, 1.54) is 0 Å². The molecule has 0 N–H and O–H groups in total. The topological polar surface area (TPSA) is 48.4 Å². The van der Waals surface area contributed by atoms with E-state index in [1.54, 1.807) is 12.4 Å². The van der Waals surface area contributed by atoms with Crippen molar-refractivity contribution in [3.8, 4) is 0 Å². The van der Waals surface area contributed by atoms with Crippen molar-refractivity contribution in [1.29, 1.82) is 0 Å². The molecule has 4 heteroatoms. The Morgan fingerprint density at radius 1 is 1.16 bits per heavy atom. The van der Waals surface area contributed by atoms with Crippen molar-refractivity contribution in [2.45, 2.75) is 20.1 Å². The van der Waals surface area contributed by atoms with E-state index in [-0.39, 0.29) is 5.78 Å². The first-order valence-electron chi connectivity index (χ1n) is 6.38. The van der Waals surface area contributed by atoms with E-state index in [0.717, 1.165) is 10.8 Å². The molecular formula is C15H17NO3.